The van der Waals surface area contributed by atoms with Crippen LogP contribution in [0.15, 0.2) is 65.8 Å². The van der Waals surface area contributed by atoms with Crippen molar-refractivity contribution in [2.75, 3.05) is 12.5 Å². The Morgan fingerprint density at radius 2 is 1.79 bits per heavy atom. The van der Waals surface area contributed by atoms with Crippen molar-refractivity contribution in [1.29, 1.82) is 0 Å². The summed E-state index contributed by atoms with van der Waals surface area (Å²) in [4.78, 5) is 0. The molecular weight excluding hydrogens is 395 g/mol. The summed E-state index contributed by atoms with van der Waals surface area (Å²) >= 11 is 12.3. The average Bonchev–Trinajstić information content (AvgIpc) is 2.70. The summed E-state index contributed by atoms with van der Waals surface area (Å²) in [6.07, 6.45) is 1.70. The second-order valence-electron chi connectivity index (χ2n) is 6.12. The standard InChI is InChI=1S/C22H20Cl2N2O2/c1-15-7-9-18(12-20(15)24)26-25-13-16-8-10-21(27-2)22(11-16)28-14-17-5-3-4-6-19(17)23/h3-13,26H,14H2,1-2H3. The lowest BCUT2D eigenvalue weighted by Gasteiger charge is -2.12. The summed E-state index contributed by atoms with van der Waals surface area (Å²) < 4.78 is 11.3. The van der Waals surface area contributed by atoms with Gasteiger partial charge in [0.05, 0.1) is 19.0 Å². The van der Waals surface area contributed by atoms with Gasteiger partial charge in [-0.05, 0) is 54.4 Å². The number of benzene rings is 3. The van der Waals surface area contributed by atoms with E-state index in [-0.39, 0.29) is 0 Å². The molecule has 0 spiro atoms. The first kappa shape index (κ1) is 20.1. The lowest BCUT2D eigenvalue weighted by Crippen LogP contribution is -1.99. The largest absolute Gasteiger partial charge is 0.493 e. The van der Waals surface area contributed by atoms with E-state index in [2.05, 4.69) is 10.5 Å². The van der Waals surface area contributed by atoms with Crippen LogP contribution in [0.1, 0.15) is 16.7 Å². The zero-order chi connectivity index (χ0) is 19.9. The van der Waals surface area contributed by atoms with Crippen molar-refractivity contribution in [3.63, 3.8) is 0 Å². The van der Waals surface area contributed by atoms with Crippen LogP contribution in [0.25, 0.3) is 0 Å². The summed E-state index contributed by atoms with van der Waals surface area (Å²) in [5, 5.41) is 5.62. The van der Waals surface area contributed by atoms with Gasteiger partial charge in [-0.3, -0.25) is 5.43 Å². The lowest BCUT2D eigenvalue weighted by atomic mass is 10.2. The molecule has 0 aliphatic heterocycles. The van der Waals surface area contributed by atoms with Crippen molar-refractivity contribution < 1.29 is 9.47 Å². The molecule has 0 unspecified atom stereocenters. The molecule has 0 fully saturated rings. The molecule has 0 aliphatic rings. The summed E-state index contributed by atoms with van der Waals surface area (Å²) in [6, 6.07) is 18.9. The topological polar surface area (TPSA) is 42.8 Å². The minimum atomic E-state index is 0.344. The first-order valence-electron chi connectivity index (χ1n) is 8.66. The molecule has 1 N–H and O–H groups in total. The van der Waals surface area contributed by atoms with E-state index in [1.54, 1.807) is 13.3 Å². The van der Waals surface area contributed by atoms with Gasteiger partial charge in [0.15, 0.2) is 11.5 Å². The number of hydrogen-bond acceptors (Lipinski definition) is 4. The van der Waals surface area contributed by atoms with Crippen molar-refractivity contribution in [1.82, 2.24) is 0 Å². The number of aryl methyl sites for hydroxylation is 1. The van der Waals surface area contributed by atoms with Gasteiger partial charge in [0.1, 0.15) is 6.61 Å². The molecule has 3 rings (SSSR count). The number of halogens is 2. The molecule has 0 amide bonds. The molecule has 0 aliphatic carbocycles. The molecule has 0 saturated heterocycles. The molecule has 3 aromatic rings. The van der Waals surface area contributed by atoms with Crippen molar-refractivity contribution in [2.24, 2.45) is 5.10 Å². The maximum atomic E-state index is 6.19. The SMILES string of the molecule is COc1ccc(C=NNc2ccc(C)c(Cl)c2)cc1OCc1ccccc1Cl. The monoisotopic (exact) mass is 414 g/mol. The van der Waals surface area contributed by atoms with Crippen LogP contribution in [0, 0.1) is 6.92 Å². The van der Waals surface area contributed by atoms with E-state index in [9.17, 15) is 0 Å². The number of ether oxygens (including phenoxy) is 2. The summed E-state index contributed by atoms with van der Waals surface area (Å²) in [5.74, 6) is 1.26. The fourth-order valence-corrected chi connectivity index (χ4v) is 2.87. The van der Waals surface area contributed by atoms with E-state index in [4.69, 9.17) is 32.7 Å². The normalized spacial score (nSPS) is 10.9. The third-order valence-electron chi connectivity index (χ3n) is 4.11. The van der Waals surface area contributed by atoms with Crippen molar-refractivity contribution in [3.05, 3.63) is 87.4 Å². The second kappa shape index (κ2) is 9.49. The molecule has 144 valence electrons. The third-order valence-corrected chi connectivity index (χ3v) is 4.88. The maximum Gasteiger partial charge on any atom is 0.162 e. The Balaban J connectivity index is 1.71. The van der Waals surface area contributed by atoms with E-state index in [0.717, 1.165) is 22.4 Å². The summed E-state index contributed by atoms with van der Waals surface area (Å²) in [5.41, 5.74) is 6.57. The lowest BCUT2D eigenvalue weighted by molar-refractivity contribution is 0.284. The smallest absolute Gasteiger partial charge is 0.162 e. The number of hydrazone groups is 1. The highest BCUT2D eigenvalue weighted by Gasteiger charge is 2.07. The second-order valence-corrected chi connectivity index (χ2v) is 6.94. The first-order valence-corrected chi connectivity index (χ1v) is 9.42. The fourth-order valence-electron chi connectivity index (χ4n) is 2.50. The minimum Gasteiger partial charge on any atom is -0.493 e. The van der Waals surface area contributed by atoms with Crippen LogP contribution in [0.4, 0.5) is 5.69 Å². The quantitative estimate of drug-likeness (QED) is 0.362. The Bertz CT molecular complexity index is 990. The minimum absolute atomic E-state index is 0.344. The predicted octanol–water partition coefficient (Wildman–Crippen LogP) is 6.34. The number of nitrogens with one attached hydrogen (secondary N) is 1. The molecule has 0 bridgehead atoms. The molecule has 0 radical (unpaired) electrons. The van der Waals surface area contributed by atoms with E-state index < -0.39 is 0 Å². The number of hydrogen-bond donors (Lipinski definition) is 1. The van der Waals surface area contributed by atoms with Gasteiger partial charge in [-0.25, -0.2) is 0 Å². The molecular formula is C22H20Cl2N2O2. The summed E-state index contributed by atoms with van der Waals surface area (Å²) in [7, 11) is 1.61. The van der Waals surface area contributed by atoms with E-state index in [1.165, 1.54) is 0 Å². The molecule has 4 nitrogen and oxygen atoms in total. The van der Waals surface area contributed by atoms with Gasteiger partial charge in [0, 0.05) is 15.6 Å². The fraction of sp³-hybridized carbons (Fsp3) is 0.136. The molecule has 0 saturated carbocycles. The van der Waals surface area contributed by atoms with Crippen molar-refractivity contribution in [3.8, 4) is 11.5 Å². The zero-order valence-corrected chi connectivity index (χ0v) is 17.1. The van der Waals surface area contributed by atoms with E-state index in [0.29, 0.717) is 28.2 Å². The van der Waals surface area contributed by atoms with Crippen molar-refractivity contribution in [2.45, 2.75) is 13.5 Å². The van der Waals surface area contributed by atoms with Gasteiger partial charge < -0.3 is 9.47 Å². The van der Waals surface area contributed by atoms with Gasteiger partial charge >= 0.3 is 0 Å². The highest BCUT2D eigenvalue weighted by atomic mass is 35.5. The number of anilines is 1. The van der Waals surface area contributed by atoms with Crippen molar-refractivity contribution >= 4 is 35.1 Å². The highest BCUT2D eigenvalue weighted by Crippen LogP contribution is 2.29. The number of methoxy groups -OCH3 is 1. The first-order chi connectivity index (χ1) is 13.6. The molecule has 6 heteroatoms. The van der Waals surface area contributed by atoms with Gasteiger partial charge in [0.2, 0.25) is 0 Å². The Hall–Kier alpha value is -2.69. The van der Waals surface area contributed by atoms with Crippen LogP contribution >= 0.6 is 23.2 Å². The number of rotatable bonds is 7. The van der Waals surface area contributed by atoms with Gasteiger partial charge in [-0.15, -0.1) is 0 Å². The van der Waals surface area contributed by atoms with E-state index in [1.807, 2.05) is 67.6 Å². The van der Waals surface area contributed by atoms with E-state index >= 15 is 0 Å². The summed E-state index contributed by atoms with van der Waals surface area (Å²) in [6.45, 7) is 2.30. The van der Waals surface area contributed by atoms with Gasteiger partial charge in [-0.2, -0.15) is 5.10 Å². The van der Waals surface area contributed by atoms with Crippen LogP contribution in [0.2, 0.25) is 10.0 Å². The Morgan fingerprint density at radius 3 is 2.54 bits per heavy atom. The number of nitrogens with zero attached hydrogens (tertiary/aromatic N) is 1. The molecule has 0 aromatic heterocycles. The predicted molar refractivity (Wildman–Crippen MR) is 116 cm³/mol. The Morgan fingerprint density at radius 1 is 0.964 bits per heavy atom. The van der Waals surface area contributed by atoms with Gasteiger partial charge in [0.25, 0.3) is 0 Å². The zero-order valence-electron chi connectivity index (χ0n) is 15.6. The molecule has 3 aromatic carbocycles. The van der Waals surface area contributed by atoms with Crippen LogP contribution in [-0.2, 0) is 6.61 Å². The van der Waals surface area contributed by atoms with Crippen LogP contribution in [-0.4, -0.2) is 13.3 Å². The van der Waals surface area contributed by atoms with Crippen LogP contribution < -0.4 is 14.9 Å². The third kappa shape index (κ3) is 5.18. The molecule has 0 atom stereocenters. The maximum absolute atomic E-state index is 6.19. The van der Waals surface area contributed by atoms with Crippen LogP contribution in [0.5, 0.6) is 11.5 Å². The van der Waals surface area contributed by atoms with Crippen LogP contribution in [0.3, 0.4) is 0 Å². The Kier molecular flexibility index (Phi) is 6.80. The molecule has 28 heavy (non-hydrogen) atoms. The Labute approximate surface area is 174 Å². The average molecular weight is 415 g/mol. The van der Waals surface area contributed by atoms with Gasteiger partial charge in [-0.1, -0.05) is 47.5 Å². The molecule has 0 heterocycles. The highest BCUT2D eigenvalue weighted by molar-refractivity contribution is 6.31.